The number of anilines is 1. The van der Waals surface area contributed by atoms with E-state index in [1.807, 2.05) is 38.1 Å². The van der Waals surface area contributed by atoms with Crippen LogP contribution in [0.2, 0.25) is 0 Å². The molecular formula is C25H27N5O3. The third-order valence-electron chi connectivity index (χ3n) is 4.85. The molecule has 0 aliphatic carbocycles. The fraction of sp³-hybridized carbons (Fsp3) is 0.200. The number of benzene rings is 2. The van der Waals surface area contributed by atoms with Crippen LogP contribution in [0.1, 0.15) is 35.5 Å². The molecule has 2 aromatic heterocycles. The molecule has 0 aliphatic rings. The fourth-order valence-corrected chi connectivity index (χ4v) is 3.27. The van der Waals surface area contributed by atoms with Crippen LogP contribution in [0, 0.1) is 0 Å². The maximum Gasteiger partial charge on any atom is 0.310 e. The number of para-hydroxylation sites is 1. The molecule has 0 unspecified atom stereocenters. The molecule has 33 heavy (non-hydrogen) atoms. The minimum absolute atomic E-state index is 0.0500. The summed E-state index contributed by atoms with van der Waals surface area (Å²) in [4.78, 5) is 29.4. The van der Waals surface area contributed by atoms with Crippen molar-refractivity contribution in [1.29, 1.82) is 0 Å². The number of ether oxygens (including phenoxy) is 1. The second-order valence-electron chi connectivity index (χ2n) is 6.89. The van der Waals surface area contributed by atoms with Gasteiger partial charge in [-0.1, -0.05) is 50.2 Å². The largest absolute Gasteiger partial charge is 0.469 e. The van der Waals surface area contributed by atoms with Crippen LogP contribution in [0.4, 0.5) is 5.69 Å². The van der Waals surface area contributed by atoms with E-state index in [1.165, 1.54) is 7.11 Å². The van der Waals surface area contributed by atoms with E-state index in [0.29, 0.717) is 29.1 Å². The lowest BCUT2D eigenvalue weighted by Gasteiger charge is -2.12. The molecule has 8 heteroatoms. The van der Waals surface area contributed by atoms with E-state index in [1.54, 1.807) is 47.1 Å². The zero-order valence-electron chi connectivity index (χ0n) is 18.9. The van der Waals surface area contributed by atoms with E-state index in [0.717, 1.165) is 11.1 Å². The first kappa shape index (κ1) is 23.6. The van der Waals surface area contributed by atoms with Crippen LogP contribution in [0.25, 0.3) is 16.9 Å². The van der Waals surface area contributed by atoms with Crippen LogP contribution in [0.15, 0.2) is 66.9 Å². The van der Waals surface area contributed by atoms with Crippen LogP contribution in [-0.4, -0.2) is 33.6 Å². The van der Waals surface area contributed by atoms with Gasteiger partial charge in [0.2, 0.25) is 0 Å². The maximum absolute atomic E-state index is 13.2. The van der Waals surface area contributed by atoms with Crippen molar-refractivity contribution >= 4 is 23.1 Å². The number of methoxy groups -OCH3 is 1. The number of rotatable bonds is 6. The van der Waals surface area contributed by atoms with Gasteiger partial charge in [-0.05, 0) is 35.4 Å². The minimum Gasteiger partial charge on any atom is -0.469 e. The predicted molar refractivity (Wildman–Crippen MR) is 128 cm³/mol. The first-order valence-corrected chi connectivity index (χ1v) is 10.7. The first-order valence-electron chi connectivity index (χ1n) is 10.7. The molecule has 8 nitrogen and oxygen atoms in total. The molecule has 0 fully saturated rings. The van der Waals surface area contributed by atoms with Crippen molar-refractivity contribution in [1.82, 2.24) is 14.6 Å². The SMILES string of the molecule is CC.COC(=O)Cc1ccccc1NC(=O)c1nc(-c2cccc(CN)c2)nn2cccc12. The molecule has 2 heterocycles. The zero-order chi connectivity index (χ0) is 23.8. The van der Waals surface area contributed by atoms with E-state index in [-0.39, 0.29) is 18.1 Å². The summed E-state index contributed by atoms with van der Waals surface area (Å²) >= 11 is 0. The van der Waals surface area contributed by atoms with E-state index in [9.17, 15) is 9.59 Å². The zero-order valence-corrected chi connectivity index (χ0v) is 18.9. The number of hydrogen-bond acceptors (Lipinski definition) is 6. The third-order valence-corrected chi connectivity index (χ3v) is 4.85. The molecule has 4 aromatic rings. The fourth-order valence-electron chi connectivity index (χ4n) is 3.27. The molecule has 1 amide bonds. The van der Waals surface area contributed by atoms with Gasteiger partial charge in [0, 0.05) is 24.0 Å². The summed E-state index contributed by atoms with van der Waals surface area (Å²) in [6, 6.07) is 18.2. The molecule has 0 bridgehead atoms. The highest BCUT2D eigenvalue weighted by Crippen LogP contribution is 2.21. The van der Waals surface area contributed by atoms with Crippen molar-refractivity contribution in [2.75, 3.05) is 12.4 Å². The van der Waals surface area contributed by atoms with E-state index in [2.05, 4.69) is 15.4 Å². The molecule has 0 saturated carbocycles. The molecule has 0 saturated heterocycles. The Hall–Kier alpha value is -4.04. The number of carbonyl (C=O) groups excluding carboxylic acids is 2. The average Bonchev–Trinajstić information content (AvgIpc) is 3.34. The Morgan fingerprint density at radius 2 is 1.85 bits per heavy atom. The lowest BCUT2D eigenvalue weighted by Crippen LogP contribution is -2.18. The summed E-state index contributed by atoms with van der Waals surface area (Å²) in [5.41, 5.74) is 9.42. The molecular weight excluding hydrogens is 418 g/mol. The number of fused-ring (bicyclic) bond motifs is 1. The van der Waals surface area contributed by atoms with Gasteiger partial charge in [0.15, 0.2) is 11.5 Å². The van der Waals surface area contributed by atoms with Crippen molar-refractivity contribution in [3.05, 3.63) is 83.7 Å². The Morgan fingerprint density at radius 3 is 2.61 bits per heavy atom. The van der Waals surface area contributed by atoms with Crippen molar-refractivity contribution in [3.8, 4) is 11.4 Å². The first-order chi connectivity index (χ1) is 16.1. The van der Waals surface area contributed by atoms with E-state index in [4.69, 9.17) is 10.5 Å². The Balaban J connectivity index is 0.00000149. The molecule has 0 atom stereocenters. The number of hydrogen-bond donors (Lipinski definition) is 2. The smallest absolute Gasteiger partial charge is 0.310 e. The van der Waals surface area contributed by atoms with Crippen molar-refractivity contribution in [3.63, 3.8) is 0 Å². The monoisotopic (exact) mass is 445 g/mol. The highest BCUT2D eigenvalue weighted by molar-refractivity contribution is 6.08. The average molecular weight is 446 g/mol. The van der Waals surface area contributed by atoms with Gasteiger partial charge in [0.25, 0.3) is 5.91 Å². The lowest BCUT2D eigenvalue weighted by atomic mass is 10.1. The summed E-state index contributed by atoms with van der Waals surface area (Å²) in [7, 11) is 1.33. The normalized spacial score (nSPS) is 10.3. The van der Waals surface area contributed by atoms with Gasteiger partial charge in [0.05, 0.1) is 19.0 Å². The number of aromatic nitrogens is 3. The minimum atomic E-state index is -0.403. The molecule has 0 spiro atoms. The van der Waals surface area contributed by atoms with Gasteiger partial charge in [0.1, 0.15) is 0 Å². The number of amides is 1. The van der Waals surface area contributed by atoms with Gasteiger partial charge in [-0.2, -0.15) is 0 Å². The van der Waals surface area contributed by atoms with Gasteiger partial charge >= 0.3 is 5.97 Å². The number of carbonyl (C=O) groups is 2. The molecule has 170 valence electrons. The second kappa shape index (κ2) is 11.0. The van der Waals surface area contributed by atoms with Crippen molar-refractivity contribution in [2.45, 2.75) is 26.8 Å². The topological polar surface area (TPSA) is 112 Å². The highest BCUT2D eigenvalue weighted by Gasteiger charge is 2.18. The van der Waals surface area contributed by atoms with Crippen molar-refractivity contribution in [2.24, 2.45) is 5.73 Å². The van der Waals surface area contributed by atoms with Crippen molar-refractivity contribution < 1.29 is 14.3 Å². The van der Waals surface area contributed by atoms with Crippen LogP contribution >= 0.6 is 0 Å². The Bertz CT molecular complexity index is 1270. The molecule has 0 radical (unpaired) electrons. The van der Waals surface area contributed by atoms with Crippen LogP contribution in [-0.2, 0) is 22.5 Å². The summed E-state index contributed by atoms with van der Waals surface area (Å²) in [6.45, 7) is 4.39. The van der Waals surface area contributed by atoms with Gasteiger partial charge in [-0.3, -0.25) is 9.59 Å². The quantitative estimate of drug-likeness (QED) is 0.436. The lowest BCUT2D eigenvalue weighted by molar-refractivity contribution is -0.139. The Labute approximate surface area is 192 Å². The van der Waals surface area contributed by atoms with Gasteiger partial charge in [-0.25, -0.2) is 9.50 Å². The van der Waals surface area contributed by atoms with E-state index < -0.39 is 5.91 Å². The number of nitrogens with zero attached hydrogens (tertiary/aromatic N) is 3. The number of nitrogens with one attached hydrogen (secondary N) is 1. The Kier molecular flexibility index (Phi) is 7.88. The van der Waals surface area contributed by atoms with Gasteiger partial charge in [-0.15, -0.1) is 5.10 Å². The number of nitrogens with two attached hydrogens (primary N) is 1. The van der Waals surface area contributed by atoms with Crippen LogP contribution in [0.3, 0.4) is 0 Å². The summed E-state index contributed by atoms with van der Waals surface area (Å²) in [5, 5.41) is 7.39. The van der Waals surface area contributed by atoms with Crippen LogP contribution in [0.5, 0.6) is 0 Å². The third kappa shape index (κ3) is 5.42. The molecule has 4 rings (SSSR count). The summed E-state index contributed by atoms with van der Waals surface area (Å²) < 4.78 is 6.36. The van der Waals surface area contributed by atoms with Crippen LogP contribution < -0.4 is 11.1 Å². The predicted octanol–water partition coefficient (Wildman–Crippen LogP) is 3.85. The molecule has 2 aromatic carbocycles. The number of esters is 1. The highest BCUT2D eigenvalue weighted by atomic mass is 16.5. The van der Waals surface area contributed by atoms with E-state index >= 15 is 0 Å². The Morgan fingerprint density at radius 1 is 1.06 bits per heavy atom. The summed E-state index contributed by atoms with van der Waals surface area (Å²) in [6.07, 6.45) is 1.81. The maximum atomic E-state index is 13.2. The summed E-state index contributed by atoms with van der Waals surface area (Å²) in [5.74, 6) is -0.383. The molecule has 3 N–H and O–H groups in total. The van der Waals surface area contributed by atoms with Gasteiger partial charge < -0.3 is 15.8 Å². The standard InChI is InChI=1S/C23H21N5O3.C2H6/c1-31-20(29)13-16-7-2-3-9-18(16)25-23(30)21-19-10-5-11-28(19)27-22(26-21)17-8-4-6-15(12-17)14-24;1-2/h2-12H,13-14,24H2,1H3,(H,25,30);1-2H3. The second-order valence-corrected chi connectivity index (χ2v) is 6.89. The molecule has 0 aliphatic heterocycles.